The number of hydrogen-bond acceptors (Lipinski definition) is 4. The first-order chi connectivity index (χ1) is 7.93. The van der Waals surface area contributed by atoms with Crippen LogP contribution in [0.4, 0.5) is 0 Å². The number of ether oxygens (including phenoxy) is 1. The fourth-order valence-electron chi connectivity index (χ4n) is 1.36. The maximum absolute atomic E-state index is 11.2. The molecule has 0 rings (SSSR count). The Morgan fingerprint density at radius 2 is 1.88 bits per heavy atom. The van der Waals surface area contributed by atoms with E-state index in [-0.39, 0.29) is 12.1 Å². The van der Waals surface area contributed by atoms with Crippen LogP contribution in [0, 0.1) is 0 Å². The quantitative estimate of drug-likeness (QED) is 0.494. The molecule has 0 fully saturated rings. The SMILES string of the molecule is CC(C)OC(=O)CNCCCCN(C)C(C)C. The molecule has 0 unspecified atom stereocenters. The van der Waals surface area contributed by atoms with E-state index in [9.17, 15) is 4.79 Å². The highest BCUT2D eigenvalue weighted by atomic mass is 16.5. The average Bonchev–Trinajstić information content (AvgIpc) is 2.21. The zero-order chi connectivity index (χ0) is 13.3. The lowest BCUT2D eigenvalue weighted by Gasteiger charge is -2.20. The predicted molar refractivity (Wildman–Crippen MR) is 71.1 cm³/mol. The Morgan fingerprint density at radius 1 is 1.24 bits per heavy atom. The van der Waals surface area contributed by atoms with E-state index in [0.717, 1.165) is 25.9 Å². The van der Waals surface area contributed by atoms with Gasteiger partial charge in [0, 0.05) is 6.04 Å². The molecule has 4 nitrogen and oxygen atoms in total. The minimum atomic E-state index is -0.167. The molecule has 0 aromatic heterocycles. The summed E-state index contributed by atoms with van der Waals surface area (Å²) in [6.45, 7) is 10.4. The van der Waals surface area contributed by atoms with Gasteiger partial charge in [-0.1, -0.05) is 0 Å². The van der Waals surface area contributed by atoms with Gasteiger partial charge in [0.05, 0.1) is 12.6 Å². The van der Waals surface area contributed by atoms with Crippen LogP contribution in [-0.4, -0.2) is 49.7 Å². The van der Waals surface area contributed by atoms with Crippen molar-refractivity contribution in [1.29, 1.82) is 0 Å². The van der Waals surface area contributed by atoms with Crippen LogP contribution in [0.1, 0.15) is 40.5 Å². The second kappa shape index (κ2) is 9.42. The van der Waals surface area contributed by atoms with Gasteiger partial charge in [-0.2, -0.15) is 0 Å². The summed E-state index contributed by atoms with van der Waals surface area (Å²) in [5, 5.41) is 3.10. The maximum Gasteiger partial charge on any atom is 0.320 e. The summed E-state index contributed by atoms with van der Waals surface area (Å²) in [6.07, 6.45) is 2.22. The molecule has 0 aliphatic rings. The van der Waals surface area contributed by atoms with Gasteiger partial charge in [-0.3, -0.25) is 4.79 Å². The molecule has 4 heteroatoms. The molecule has 0 heterocycles. The molecule has 0 aliphatic heterocycles. The zero-order valence-electron chi connectivity index (χ0n) is 12.0. The van der Waals surface area contributed by atoms with Crippen molar-refractivity contribution in [2.75, 3.05) is 26.7 Å². The lowest BCUT2D eigenvalue weighted by Crippen LogP contribution is -2.29. The second-order valence-corrected chi connectivity index (χ2v) is 5.00. The van der Waals surface area contributed by atoms with Gasteiger partial charge >= 0.3 is 5.97 Å². The first kappa shape index (κ1) is 16.4. The van der Waals surface area contributed by atoms with Gasteiger partial charge in [0.15, 0.2) is 0 Å². The fraction of sp³-hybridized carbons (Fsp3) is 0.923. The van der Waals surface area contributed by atoms with Crippen LogP contribution in [0.25, 0.3) is 0 Å². The van der Waals surface area contributed by atoms with Crippen LogP contribution >= 0.6 is 0 Å². The zero-order valence-corrected chi connectivity index (χ0v) is 12.0. The van der Waals surface area contributed by atoms with E-state index in [1.54, 1.807) is 0 Å². The van der Waals surface area contributed by atoms with Gasteiger partial charge in [0.2, 0.25) is 0 Å². The third kappa shape index (κ3) is 10.3. The third-order valence-electron chi connectivity index (χ3n) is 2.63. The molecule has 1 N–H and O–H groups in total. The Hall–Kier alpha value is -0.610. The highest BCUT2D eigenvalue weighted by Gasteiger charge is 2.04. The third-order valence-corrected chi connectivity index (χ3v) is 2.63. The van der Waals surface area contributed by atoms with Crippen LogP contribution < -0.4 is 5.32 Å². The van der Waals surface area contributed by atoms with Crippen molar-refractivity contribution in [3.8, 4) is 0 Å². The van der Waals surface area contributed by atoms with Crippen LogP contribution in [-0.2, 0) is 9.53 Å². The Bertz CT molecular complexity index is 206. The summed E-state index contributed by atoms with van der Waals surface area (Å²) >= 11 is 0. The van der Waals surface area contributed by atoms with E-state index in [1.165, 1.54) is 0 Å². The lowest BCUT2D eigenvalue weighted by molar-refractivity contribution is -0.146. The molecule has 0 spiro atoms. The summed E-state index contributed by atoms with van der Waals surface area (Å²) in [5.41, 5.74) is 0. The van der Waals surface area contributed by atoms with Gasteiger partial charge in [-0.15, -0.1) is 0 Å². The van der Waals surface area contributed by atoms with Crippen LogP contribution in [0.5, 0.6) is 0 Å². The predicted octanol–water partition coefficient (Wildman–Crippen LogP) is 1.65. The van der Waals surface area contributed by atoms with Crippen molar-refractivity contribution in [3.63, 3.8) is 0 Å². The molecule has 0 bridgehead atoms. The summed E-state index contributed by atoms with van der Waals surface area (Å²) in [6, 6.07) is 0.601. The van der Waals surface area contributed by atoms with Crippen LogP contribution in [0.15, 0.2) is 0 Å². The summed E-state index contributed by atoms with van der Waals surface area (Å²) in [7, 11) is 2.14. The number of hydrogen-bond donors (Lipinski definition) is 1. The van der Waals surface area contributed by atoms with Crippen molar-refractivity contribution in [2.45, 2.75) is 52.7 Å². The van der Waals surface area contributed by atoms with Crippen LogP contribution in [0.2, 0.25) is 0 Å². The van der Waals surface area contributed by atoms with Crippen molar-refractivity contribution < 1.29 is 9.53 Å². The Balaban J connectivity index is 3.32. The number of unbranched alkanes of at least 4 members (excludes halogenated alkanes) is 1. The molecule has 0 aliphatic carbocycles. The van der Waals surface area contributed by atoms with E-state index in [1.807, 2.05) is 13.8 Å². The van der Waals surface area contributed by atoms with E-state index in [0.29, 0.717) is 12.6 Å². The second-order valence-electron chi connectivity index (χ2n) is 5.00. The van der Waals surface area contributed by atoms with Gasteiger partial charge in [-0.25, -0.2) is 0 Å². The summed E-state index contributed by atoms with van der Waals surface area (Å²) in [5.74, 6) is -0.167. The molecule has 0 amide bonds. The molecule has 0 aromatic rings. The average molecular weight is 244 g/mol. The number of nitrogens with zero attached hydrogens (tertiary/aromatic N) is 1. The molecule has 0 radical (unpaired) electrons. The first-order valence-corrected chi connectivity index (χ1v) is 6.54. The minimum Gasteiger partial charge on any atom is -0.462 e. The van der Waals surface area contributed by atoms with Crippen molar-refractivity contribution >= 4 is 5.97 Å². The maximum atomic E-state index is 11.2. The topological polar surface area (TPSA) is 41.6 Å². The molecule has 17 heavy (non-hydrogen) atoms. The van der Waals surface area contributed by atoms with Gasteiger partial charge < -0.3 is 15.0 Å². The van der Waals surface area contributed by atoms with Crippen molar-refractivity contribution in [2.24, 2.45) is 0 Å². The van der Waals surface area contributed by atoms with E-state index in [2.05, 4.69) is 31.1 Å². The number of carbonyl (C=O) groups excluding carboxylic acids is 1. The Morgan fingerprint density at radius 3 is 2.41 bits per heavy atom. The van der Waals surface area contributed by atoms with E-state index < -0.39 is 0 Å². The van der Waals surface area contributed by atoms with Gasteiger partial charge in [0.25, 0.3) is 0 Å². The molecule has 0 saturated heterocycles. The number of rotatable bonds is 9. The van der Waals surface area contributed by atoms with Gasteiger partial charge in [-0.05, 0) is 60.7 Å². The molecular weight excluding hydrogens is 216 g/mol. The lowest BCUT2D eigenvalue weighted by atomic mass is 10.2. The first-order valence-electron chi connectivity index (χ1n) is 6.54. The fourth-order valence-corrected chi connectivity index (χ4v) is 1.36. The Kier molecular flexibility index (Phi) is 9.09. The van der Waals surface area contributed by atoms with E-state index >= 15 is 0 Å². The standard InChI is InChI=1S/C13H28N2O2/c1-11(2)15(5)9-7-6-8-14-10-13(16)17-12(3)4/h11-12,14H,6-10H2,1-5H3. The number of esters is 1. The van der Waals surface area contributed by atoms with Crippen molar-refractivity contribution in [3.05, 3.63) is 0 Å². The minimum absolute atomic E-state index is 0.0241. The highest BCUT2D eigenvalue weighted by molar-refractivity contribution is 5.71. The molecule has 0 aromatic carbocycles. The molecule has 0 atom stereocenters. The molecule has 102 valence electrons. The van der Waals surface area contributed by atoms with Crippen molar-refractivity contribution in [1.82, 2.24) is 10.2 Å². The highest BCUT2D eigenvalue weighted by Crippen LogP contribution is 1.97. The normalized spacial score (nSPS) is 11.5. The molecular formula is C13H28N2O2. The monoisotopic (exact) mass is 244 g/mol. The number of carbonyl (C=O) groups is 1. The van der Waals surface area contributed by atoms with Gasteiger partial charge in [0.1, 0.15) is 0 Å². The Labute approximate surface area is 106 Å². The van der Waals surface area contributed by atoms with E-state index in [4.69, 9.17) is 4.74 Å². The smallest absolute Gasteiger partial charge is 0.320 e. The van der Waals surface area contributed by atoms with Crippen LogP contribution in [0.3, 0.4) is 0 Å². The summed E-state index contributed by atoms with van der Waals surface area (Å²) in [4.78, 5) is 13.5. The largest absolute Gasteiger partial charge is 0.462 e. The molecule has 0 saturated carbocycles. The number of nitrogens with one attached hydrogen (secondary N) is 1. The summed E-state index contributed by atoms with van der Waals surface area (Å²) < 4.78 is 5.02.